The predicted octanol–water partition coefficient (Wildman–Crippen LogP) is 4.76. The Morgan fingerprint density at radius 3 is 2.52 bits per heavy atom. The Bertz CT molecular complexity index is 781. The van der Waals surface area contributed by atoms with Crippen LogP contribution in [0.4, 0.5) is 0 Å². The fourth-order valence-electron chi connectivity index (χ4n) is 6.57. The first kappa shape index (κ1) is 20.7. The van der Waals surface area contributed by atoms with E-state index >= 15 is 0 Å². The number of benzene rings is 1. The summed E-state index contributed by atoms with van der Waals surface area (Å²) in [7, 11) is 1.66. The molecule has 0 heterocycles. The van der Waals surface area contributed by atoms with Gasteiger partial charge < -0.3 is 15.2 Å². The van der Waals surface area contributed by atoms with Crippen molar-refractivity contribution in [1.29, 1.82) is 0 Å². The number of aliphatic hydroxyl groups is 1. The van der Waals surface area contributed by atoms with Gasteiger partial charge in [-0.2, -0.15) is 0 Å². The fraction of sp³-hybridized carbons (Fsp3) is 0.720. The summed E-state index contributed by atoms with van der Waals surface area (Å²) >= 11 is 0. The molecule has 1 aromatic rings. The maximum atomic E-state index is 13.1. The Morgan fingerprint density at radius 1 is 1.10 bits per heavy atom. The van der Waals surface area contributed by atoms with Gasteiger partial charge in [0.25, 0.3) is 5.91 Å². The monoisotopic (exact) mass is 399 g/mol. The normalized spacial score (nSPS) is 31.5. The first-order chi connectivity index (χ1) is 13.8. The third kappa shape index (κ3) is 3.48. The molecule has 160 valence electrons. The van der Waals surface area contributed by atoms with Crippen molar-refractivity contribution >= 4 is 5.91 Å². The van der Waals surface area contributed by atoms with Crippen LogP contribution in [0.15, 0.2) is 12.1 Å². The second kappa shape index (κ2) is 7.61. The maximum absolute atomic E-state index is 13.1. The first-order valence-corrected chi connectivity index (χ1v) is 11.5. The average molecular weight is 400 g/mol. The minimum atomic E-state index is -0.246. The number of aliphatic hydroxyl groups excluding tert-OH is 1. The zero-order valence-corrected chi connectivity index (χ0v) is 18.5. The number of carbonyl (C=O) groups is 1. The summed E-state index contributed by atoms with van der Waals surface area (Å²) < 4.78 is 5.71. The predicted molar refractivity (Wildman–Crippen MR) is 116 cm³/mol. The molecule has 3 atom stereocenters. The number of amides is 1. The zero-order valence-electron chi connectivity index (χ0n) is 18.5. The molecule has 3 aliphatic carbocycles. The summed E-state index contributed by atoms with van der Waals surface area (Å²) in [6.45, 7) is 6.78. The molecule has 0 aliphatic heterocycles. The van der Waals surface area contributed by atoms with Crippen LogP contribution >= 0.6 is 0 Å². The molecule has 0 bridgehead atoms. The Balaban J connectivity index is 1.67. The molecular weight excluding hydrogens is 362 g/mol. The second-order valence-corrected chi connectivity index (χ2v) is 10.4. The summed E-state index contributed by atoms with van der Waals surface area (Å²) in [6.07, 6.45) is 9.41. The van der Waals surface area contributed by atoms with Gasteiger partial charge in [0.1, 0.15) is 5.75 Å². The molecule has 2 N–H and O–H groups in total. The number of hydrogen-bond acceptors (Lipinski definition) is 3. The van der Waals surface area contributed by atoms with E-state index in [4.69, 9.17) is 4.74 Å². The van der Waals surface area contributed by atoms with E-state index in [9.17, 15) is 9.90 Å². The number of aryl methyl sites for hydroxylation is 1. The molecule has 1 amide bonds. The molecule has 4 rings (SSSR count). The Hall–Kier alpha value is -1.55. The van der Waals surface area contributed by atoms with Gasteiger partial charge in [0.2, 0.25) is 0 Å². The summed E-state index contributed by atoms with van der Waals surface area (Å²) in [6, 6.07) is 4.51. The number of rotatable bonds is 3. The van der Waals surface area contributed by atoms with E-state index in [0.29, 0.717) is 23.3 Å². The number of nitrogens with one attached hydrogen (secondary N) is 1. The summed E-state index contributed by atoms with van der Waals surface area (Å²) in [5.74, 6) is 1.11. The van der Waals surface area contributed by atoms with E-state index in [0.717, 1.165) is 38.5 Å². The fourth-order valence-corrected chi connectivity index (χ4v) is 6.57. The van der Waals surface area contributed by atoms with Gasteiger partial charge in [-0.3, -0.25) is 4.79 Å². The van der Waals surface area contributed by atoms with Gasteiger partial charge in [-0.25, -0.2) is 0 Å². The van der Waals surface area contributed by atoms with Crippen molar-refractivity contribution in [2.24, 2.45) is 11.3 Å². The highest BCUT2D eigenvalue weighted by Gasteiger charge is 2.53. The topological polar surface area (TPSA) is 58.6 Å². The molecule has 0 aromatic heterocycles. The SMILES string of the molecule is COc1cc2c(cc1C(=O)NC1CCCCC1)CC[C@H]1C(C)(C)[C@@H](O)CC[C@]21C. The molecule has 0 spiro atoms. The van der Waals surface area contributed by atoms with Gasteiger partial charge in [0.05, 0.1) is 18.8 Å². The van der Waals surface area contributed by atoms with Crippen molar-refractivity contribution in [3.8, 4) is 5.75 Å². The Kier molecular flexibility index (Phi) is 5.43. The van der Waals surface area contributed by atoms with Crippen LogP contribution in [0.5, 0.6) is 5.75 Å². The van der Waals surface area contributed by atoms with E-state index in [2.05, 4.69) is 38.2 Å². The van der Waals surface area contributed by atoms with E-state index in [-0.39, 0.29) is 22.8 Å². The number of methoxy groups -OCH3 is 1. The van der Waals surface area contributed by atoms with Crippen LogP contribution < -0.4 is 10.1 Å². The zero-order chi connectivity index (χ0) is 20.8. The van der Waals surface area contributed by atoms with Gasteiger partial charge in [0, 0.05) is 6.04 Å². The van der Waals surface area contributed by atoms with Crippen molar-refractivity contribution in [2.75, 3.05) is 7.11 Å². The minimum absolute atomic E-state index is 0.00298. The van der Waals surface area contributed by atoms with Crippen LogP contribution in [-0.2, 0) is 11.8 Å². The van der Waals surface area contributed by atoms with Crippen molar-refractivity contribution in [3.63, 3.8) is 0 Å². The van der Waals surface area contributed by atoms with Gasteiger partial charge in [-0.1, -0.05) is 40.0 Å². The third-order valence-electron chi connectivity index (χ3n) is 8.39. The van der Waals surface area contributed by atoms with Crippen molar-refractivity contribution in [1.82, 2.24) is 5.32 Å². The second-order valence-electron chi connectivity index (χ2n) is 10.4. The highest BCUT2D eigenvalue weighted by molar-refractivity contribution is 5.97. The molecule has 3 aliphatic rings. The largest absolute Gasteiger partial charge is 0.496 e. The van der Waals surface area contributed by atoms with Crippen LogP contribution in [0, 0.1) is 11.3 Å². The number of ether oxygens (including phenoxy) is 1. The molecule has 2 saturated carbocycles. The average Bonchev–Trinajstić information content (AvgIpc) is 2.71. The van der Waals surface area contributed by atoms with Gasteiger partial charge in [-0.05, 0) is 78.5 Å². The smallest absolute Gasteiger partial charge is 0.255 e. The maximum Gasteiger partial charge on any atom is 0.255 e. The first-order valence-electron chi connectivity index (χ1n) is 11.5. The van der Waals surface area contributed by atoms with E-state index in [1.165, 1.54) is 30.4 Å². The summed E-state index contributed by atoms with van der Waals surface area (Å²) in [5, 5.41) is 13.9. The Labute approximate surface area is 175 Å². The number of carbonyl (C=O) groups excluding carboxylic acids is 1. The third-order valence-corrected chi connectivity index (χ3v) is 8.39. The lowest BCUT2D eigenvalue weighted by atomic mass is 9.49. The van der Waals surface area contributed by atoms with Crippen molar-refractivity contribution in [3.05, 3.63) is 28.8 Å². The lowest BCUT2D eigenvalue weighted by Crippen LogP contribution is -2.53. The molecular formula is C25H37NO3. The molecule has 0 unspecified atom stereocenters. The molecule has 1 aromatic carbocycles. The summed E-state index contributed by atoms with van der Waals surface area (Å²) in [5.41, 5.74) is 3.19. The lowest BCUT2D eigenvalue weighted by molar-refractivity contribution is -0.0731. The van der Waals surface area contributed by atoms with Gasteiger partial charge >= 0.3 is 0 Å². The molecule has 0 saturated heterocycles. The summed E-state index contributed by atoms with van der Waals surface area (Å²) in [4.78, 5) is 13.1. The van der Waals surface area contributed by atoms with Crippen LogP contribution in [0.25, 0.3) is 0 Å². The highest BCUT2D eigenvalue weighted by Crippen LogP contribution is 2.57. The van der Waals surface area contributed by atoms with E-state index in [1.54, 1.807) is 7.11 Å². The molecule has 0 radical (unpaired) electrons. The standard InChI is InChI=1S/C25H37NO3/c1-24(2)21-11-10-16-14-18(23(28)26-17-8-6-5-7-9-17)20(29-4)15-19(16)25(21,3)13-12-22(24)27/h14-15,17,21-22,27H,5-13H2,1-4H3,(H,26,28)/t21-,22-,25+/m0/s1. The molecule has 29 heavy (non-hydrogen) atoms. The van der Waals surface area contributed by atoms with Crippen LogP contribution in [0.3, 0.4) is 0 Å². The lowest BCUT2D eigenvalue weighted by Gasteiger charge is -2.56. The number of fused-ring (bicyclic) bond motifs is 3. The van der Waals surface area contributed by atoms with Crippen molar-refractivity contribution in [2.45, 2.75) is 96.1 Å². The van der Waals surface area contributed by atoms with Crippen LogP contribution in [0.1, 0.15) is 93.6 Å². The minimum Gasteiger partial charge on any atom is -0.496 e. The van der Waals surface area contributed by atoms with Gasteiger partial charge in [0.15, 0.2) is 0 Å². The molecule has 2 fully saturated rings. The highest BCUT2D eigenvalue weighted by atomic mass is 16.5. The van der Waals surface area contributed by atoms with Crippen LogP contribution in [0.2, 0.25) is 0 Å². The molecule has 4 heteroatoms. The quantitative estimate of drug-likeness (QED) is 0.770. The van der Waals surface area contributed by atoms with Crippen LogP contribution in [-0.4, -0.2) is 30.3 Å². The molecule has 4 nitrogen and oxygen atoms in total. The van der Waals surface area contributed by atoms with Gasteiger partial charge in [-0.15, -0.1) is 0 Å². The van der Waals surface area contributed by atoms with E-state index in [1.807, 2.05) is 0 Å². The number of hydrogen-bond donors (Lipinski definition) is 2. The Morgan fingerprint density at radius 2 is 1.83 bits per heavy atom. The van der Waals surface area contributed by atoms with Crippen molar-refractivity contribution < 1.29 is 14.6 Å². The van der Waals surface area contributed by atoms with E-state index < -0.39 is 0 Å².